The third-order valence-corrected chi connectivity index (χ3v) is 3.66. The van der Waals surface area contributed by atoms with E-state index in [1.165, 1.54) is 11.3 Å². The molecule has 0 atom stereocenters. The third kappa shape index (κ3) is 3.93. The Kier molecular flexibility index (Phi) is 4.90. The van der Waals surface area contributed by atoms with Gasteiger partial charge in [0.1, 0.15) is 13.2 Å². The highest BCUT2D eigenvalue weighted by atomic mass is 32.1. The first-order valence-electron chi connectivity index (χ1n) is 6.18. The summed E-state index contributed by atoms with van der Waals surface area (Å²) in [6.45, 7) is 2.06. The maximum atomic E-state index is 11.6. The Labute approximate surface area is 121 Å². The Morgan fingerprint density at radius 2 is 2.00 bits per heavy atom. The fourth-order valence-electron chi connectivity index (χ4n) is 1.63. The Balaban J connectivity index is 1.76. The topological polar surface area (TPSA) is 55.4 Å². The summed E-state index contributed by atoms with van der Waals surface area (Å²) in [4.78, 5) is 23.8. The molecule has 0 saturated carbocycles. The van der Waals surface area contributed by atoms with Crippen molar-refractivity contribution in [3.05, 3.63) is 57.8 Å². The van der Waals surface area contributed by atoms with E-state index in [0.717, 1.165) is 11.1 Å². The summed E-state index contributed by atoms with van der Waals surface area (Å²) in [5, 5.41) is 4.34. The highest BCUT2D eigenvalue weighted by Gasteiger charge is 2.09. The minimum Gasteiger partial charge on any atom is -0.459 e. The summed E-state index contributed by atoms with van der Waals surface area (Å²) in [7, 11) is 0. The van der Waals surface area contributed by atoms with Crippen LogP contribution in [0.1, 0.15) is 20.8 Å². The van der Waals surface area contributed by atoms with Gasteiger partial charge in [-0.05, 0) is 29.5 Å². The number of aryl methyl sites for hydroxylation is 1. The molecule has 1 N–H and O–H groups in total. The lowest BCUT2D eigenvalue weighted by Crippen LogP contribution is -2.30. The Morgan fingerprint density at radius 3 is 2.70 bits per heavy atom. The van der Waals surface area contributed by atoms with Crippen LogP contribution < -0.4 is 5.32 Å². The molecule has 0 aliphatic rings. The van der Waals surface area contributed by atoms with E-state index in [4.69, 9.17) is 4.74 Å². The molecule has 104 valence electrons. The van der Waals surface area contributed by atoms with Gasteiger partial charge in [-0.25, -0.2) is 0 Å². The molecule has 0 aliphatic heterocycles. The summed E-state index contributed by atoms with van der Waals surface area (Å²) < 4.78 is 5.13. The molecule has 0 unspecified atom stereocenters. The molecule has 5 heteroatoms. The smallest absolute Gasteiger partial charge is 0.325 e. The van der Waals surface area contributed by atoms with Gasteiger partial charge < -0.3 is 10.1 Å². The fourth-order valence-corrected chi connectivity index (χ4v) is 2.27. The monoisotopic (exact) mass is 289 g/mol. The Bertz CT molecular complexity index is 593. The lowest BCUT2D eigenvalue weighted by molar-refractivity contribution is -0.143. The van der Waals surface area contributed by atoms with E-state index < -0.39 is 5.97 Å². The second kappa shape index (κ2) is 6.86. The normalized spacial score (nSPS) is 10.1. The SMILES string of the molecule is Cc1ccccc1COC(=O)CNC(=O)c1cccs1. The highest BCUT2D eigenvalue weighted by Crippen LogP contribution is 2.09. The molecule has 0 spiro atoms. The van der Waals surface area contributed by atoms with Gasteiger partial charge in [-0.1, -0.05) is 30.3 Å². The number of carbonyl (C=O) groups is 2. The zero-order chi connectivity index (χ0) is 14.4. The van der Waals surface area contributed by atoms with Crippen molar-refractivity contribution >= 4 is 23.2 Å². The first-order valence-corrected chi connectivity index (χ1v) is 7.06. The molecule has 0 aliphatic carbocycles. The summed E-state index contributed by atoms with van der Waals surface area (Å²) in [6, 6.07) is 11.2. The molecule has 1 aromatic carbocycles. The van der Waals surface area contributed by atoms with Crippen LogP contribution in [-0.2, 0) is 16.1 Å². The van der Waals surface area contributed by atoms with Gasteiger partial charge in [0.25, 0.3) is 5.91 Å². The van der Waals surface area contributed by atoms with Crippen LogP contribution in [0.15, 0.2) is 41.8 Å². The lowest BCUT2D eigenvalue weighted by atomic mass is 10.1. The van der Waals surface area contributed by atoms with Crippen molar-refractivity contribution < 1.29 is 14.3 Å². The minimum atomic E-state index is -0.446. The summed E-state index contributed by atoms with van der Waals surface area (Å²) >= 11 is 1.33. The van der Waals surface area contributed by atoms with Crippen LogP contribution >= 0.6 is 11.3 Å². The summed E-state index contributed by atoms with van der Waals surface area (Å²) in [5.74, 6) is -0.703. The van der Waals surface area contributed by atoms with Gasteiger partial charge in [-0.2, -0.15) is 0 Å². The molecule has 0 saturated heterocycles. The number of benzene rings is 1. The number of nitrogens with one attached hydrogen (secondary N) is 1. The van der Waals surface area contributed by atoms with Crippen molar-refractivity contribution in [2.75, 3.05) is 6.54 Å². The van der Waals surface area contributed by atoms with Crippen molar-refractivity contribution in [1.82, 2.24) is 5.32 Å². The van der Waals surface area contributed by atoms with Crippen molar-refractivity contribution in [1.29, 1.82) is 0 Å². The molecule has 0 fully saturated rings. The first-order chi connectivity index (χ1) is 9.66. The number of esters is 1. The van der Waals surface area contributed by atoms with Gasteiger partial charge in [-0.15, -0.1) is 11.3 Å². The van der Waals surface area contributed by atoms with E-state index in [0.29, 0.717) is 4.88 Å². The van der Waals surface area contributed by atoms with Gasteiger partial charge in [0.15, 0.2) is 0 Å². The largest absolute Gasteiger partial charge is 0.459 e. The van der Waals surface area contributed by atoms with Gasteiger partial charge in [0, 0.05) is 0 Å². The minimum absolute atomic E-state index is 0.122. The third-order valence-electron chi connectivity index (χ3n) is 2.79. The maximum Gasteiger partial charge on any atom is 0.325 e. The van der Waals surface area contributed by atoms with E-state index in [1.807, 2.05) is 36.6 Å². The van der Waals surface area contributed by atoms with Gasteiger partial charge >= 0.3 is 5.97 Å². The fraction of sp³-hybridized carbons (Fsp3) is 0.200. The van der Waals surface area contributed by atoms with E-state index in [2.05, 4.69) is 5.32 Å². The molecular weight excluding hydrogens is 274 g/mol. The average Bonchev–Trinajstić information content (AvgIpc) is 2.98. The Morgan fingerprint density at radius 1 is 1.20 bits per heavy atom. The Hall–Kier alpha value is -2.14. The molecule has 1 amide bonds. The number of amides is 1. The van der Waals surface area contributed by atoms with Crippen LogP contribution in [-0.4, -0.2) is 18.4 Å². The van der Waals surface area contributed by atoms with E-state index >= 15 is 0 Å². The van der Waals surface area contributed by atoms with Gasteiger partial charge in [0.05, 0.1) is 4.88 Å². The van der Waals surface area contributed by atoms with Crippen molar-refractivity contribution in [3.63, 3.8) is 0 Å². The van der Waals surface area contributed by atoms with Gasteiger partial charge in [-0.3, -0.25) is 9.59 Å². The number of thiophene rings is 1. The molecule has 1 heterocycles. The predicted molar refractivity (Wildman–Crippen MR) is 77.6 cm³/mol. The number of hydrogen-bond donors (Lipinski definition) is 1. The quantitative estimate of drug-likeness (QED) is 0.861. The van der Waals surface area contributed by atoms with E-state index in [-0.39, 0.29) is 19.1 Å². The molecule has 0 radical (unpaired) electrons. The van der Waals surface area contributed by atoms with Crippen molar-refractivity contribution in [2.45, 2.75) is 13.5 Å². The molecule has 20 heavy (non-hydrogen) atoms. The van der Waals surface area contributed by atoms with E-state index in [1.54, 1.807) is 12.1 Å². The zero-order valence-corrected chi connectivity index (χ0v) is 11.9. The average molecular weight is 289 g/mol. The first kappa shape index (κ1) is 14.3. The molecule has 0 bridgehead atoms. The second-order valence-corrected chi connectivity index (χ2v) is 5.19. The summed E-state index contributed by atoms with van der Waals surface area (Å²) in [5.41, 5.74) is 2.04. The summed E-state index contributed by atoms with van der Waals surface area (Å²) in [6.07, 6.45) is 0. The number of hydrogen-bond acceptors (Lipinski definition) is 4. The van der Waals surface area contributed by atoms with Gasteiger partial charge in [0.2, 0.25) is 0 Å². The van der Waals surface area contributed by atoms with Crippen LogP contribution in [0.3, 0.4) is 0 Å². The number of rotatable bonds is 5. The number of ether oxygens (including phenoxy) is 1. The van der Waals surface area contributed by atoms with Crippen LogP contribution in [0.25, 0.3) is 0 Å². The van der Waals surface area contributed by atoms with Crippen LogP contribution in [0.2, 0.25) is 0 Å². The molecule has 2 rings (SSSR count). The zero-order valence-electron chi connectivity index (χ0n) is 11.1. The standard InChI is InChI=1S/C15H15NO3S/c1-11-5-2-3-6-12(11)10-19-14(17)9-16-15(18)13-7-4-8-20-13/h2-8H,9-10H2,1H3,(H,16,18). The van der Waals surface area contributed by atoms with Crippen molar-refractivity contribution in [3.8, 4) is 0 Å². The lowest BCUT2D eigenvalue weighted by Gasteiger charge is -2.07. The maximum absolute atomic E-state index is 11.6. The van der Waals surface area contributed by atoms with Crippen LogP contribution in [0, 0.1) is 6.92 Å². The molecule has 4 nitrogen and oxygen atoms in total. The van der Waals surface area contributed by atoms with Crippen molar-refractivity contribution in [2.24, 2.45) is 0 Å². The molecular formula is C15H15NO3S. The van der Waals surface area contributed by atoms with Crippen LogP contribution in [0.4, 0.5) is 0 Å². The van der Waals surface area contributed by atoms with Crippen LogP contribution in [0.5, 0.6) is 0 Å². The molecule has 1 aromatic heterocycles. The van der Waals surface area contributed by atoms with E-state index in [9.17, 15) is 9.59 Å². The second-order valence-electron chi connectivity index (χ2n) is 4.25. The molecule has 2 aromatic rings. The number of carbonyl (C=O) groups excluding carboxylic acids is 2. The predicted octanol–water partition coefficient (Wildman–Crippen LogP) is 2.53. The highest BCUT2D eigenvalue weighted by molar-refractivity contribution is 7.12.